The zero-order valence-corrected chi connectivity index (χ0v) is 7.95. The van der Waals surface area contributed by atoms with Gasteiger partial charge in [-0.05, 0) is 32.9 Å². The number of aromatic nitrogens is 2. The molecule has 0 saturated carbocycles. The average molecular weight is 177 g/mol. The van der Waals surface area contributed by atoms with Crippen molar-refractivity contribution >= 4 is 0 Å². The molecule has 0 unspecified atom stereocenters. The Balaban J connectivity index is 2.14. The van der Waals surface area contributed by atoms with Crippen LogP contribution < -0.4 is 5.32 Å². The van der Waals surface area contributed by atoms with Crippen molar-refractivity contribution in [1.29, 1.82) is 0 Å². The normalized spacial score (nSPS) is 18.8. The van der Waals surface area contributed by atoms with Crippen LogP contribution in [0.2, 0.25) is 0 Å². The summed E-state index contributed by atoms with van der Waals surface area (Å²) in [6.07, 6.45) is 6.10. The van der Waals surface area contributed by atoms with Gasteiger partial charge in [0.2, 0.25) is 0 Å². The van der Waals surface area contributed by atoms with Gasteiger partial charge in [0.05, 0.1) is 11.4 Å². The molecule has 1 N–H and O–H groups in total. The second kappa shape index (κ2) is 3.83. The van der Waals surface area contributed by atoms with E-state index in [0.29, 0.717) is 5.92 Å². The van der Waals surface area contributed by atoms with Crippen LogP contribution in [0.15, 0.2) is 12.4 Å². The Morgan fingerprint density at radius 2 is 2.08 bits per heavy atom. The molecule has 1 saturated heterocycles. The summed E-state index contributed by atoms with van der Waals surface area (Å²) in [5.74, 6) is 0.619. The summed E-state index contributed by atoms with van der Waals surface area (Å²) in [5, 5.41) is 3.35. The Kier molecular flexibility index (Phi) is 2.54. The summed E-state index contributed by atoms with van der Waals surface area (Å²) in [4.78, 5) is 8.68. The maximum atomic E-state index is 4.51. The van der Waals surface area contributed by atoms with Gasteiger partial charge in [-0.15, -0.1) is 0 Å². The Bertz CT molecular complexity index is 279. The van der Waals surface area contributed by atoms with E-state index in [2.05, 4.69) is 15.3 Å². The van der Waals surface area contributed by atoms with Gasteiger partial charge in [-0.25, -0.2) is 0 Å². The minimum Gasteiger partial charge on any atom is -0.317 e. The Hall–Kier alpha value is -0.960. The van der Waals surface area contributed by atoms with Crippen molar-refractivity contribution in [2.24, 2.45) is 0 Å². The van der Waals surface area contributed by atoms with Gasteiger partial charge in [-0.3, -0.25) is 9.97 Å². The molecule has 0 atom stereocenters. The van der Waals surface area contributed by atoms with Crippen LogP contribution in [-0.4, -0.2) is 23.1 Å². The van der Waals surface area contributed by atoms with Crippen LogP contribution >= 0.6 is 0 Å². The van der Waals surface area contributed by atoms with Gasteiger partial charge in [-0.1, -0.05) is 0 Å². The number of nitrogens with one attached hydrogen (secondary N) is 1. The quantitative estimate of drug-likeness (QED) is 0.701. The molecular weight excluding hydrogens is 162 g/mol. The van der Waals surface area contributed by atoms with Gasteiger partial charge in [-0.2, -0.15) is 0 Å². The lowest BCUT2D eigenvalue weighted by Crippen LogP contribution is -2.27. The van der Waals surface area contributed by atoms with E-state index in [-0.39, 0.29) is 0 Å². The fourth-order valence-electron chi connectivity index (χ4n) is 1.80. The van der Waals surface area contributed by atoms with Crippen LogP contribution in [0.5, 0.6) is 0 Å². The highest BCUT2D eigenvalue weighted by Crippen LogP contribution is 2.22. The Morgan fingerprint density at radius 3 is 2.77 bits per heavy atom. The molecule has 3 nitrogen and oxygen atoms in total. The zero-order chi connectivity index (χ0) is 9.10. The molecule has 1 aliphatic rings. The maximum Gasteiger partial charge on any atom is 0.0621 e. The minimum atomic E-state index is 0.619. The number of aryl methyl sites for hydroxylation is 1. The molecule has 2 heterocycles. The number of rotatable bonds is 1. The zero-order valence-electron chi connectivity index (χ0n) is 7.95. The van der Waals surface area contributed by atoms with Crippen LogP contribution in [0.3, 0.4) is 0 Å². The van der Waals surface area contributed by atoms with Crippen LogP contribution in [0.4, 0.5) is 0 Å². The van der Waals surface area contributed by atoms with Gasteiger partial charge in [0.1, 0.15) is 0 Å². The third-order valence-electron chi connectivity index (χ3n) is 2.53. The summed E-state index contributed by atoms with van der Waals surface area (Å²) in [6, 6.07) is 0. The first-order valence-corrected chi connectivity index (χ1v) is 4.85. The Morgan fingerprint density at radius 1 is 1.31 bits per heavy atom. The van der Waals surface area contributed by atoms with Gasteiger partial charge < -0.3 is 5.32 Å². The molecule has 0 aliphatic carbocycles. The van der Waals surface area contributed by atoms with E-state index in [0.717, 1.165) is 18.8 Å². The van der Waals surface area contributed by atoms with Crippen molar-refractivity contribution in [1.82, 2.24) is 15.3 Å². The van der Waals surface area contributed by atoms with E-state index >= 15 is 0 Å². The van der Waals surface area contributed by atoms with E-state index < -0.39 is 0 Å². The van der Waals surface area contributed by atoms with Crippen LogP contribution in [-0.2, 0) is 0 Å². The van der Waals surface area contributed by atoms with E-state index in [4.69, 9.17) is 0 Å². The van der Waals surface area contributed by atoms with E-state index in [1.165, 1.54) is 18.5 Å². The van der Waals surface area contributed by atoms with Crippen LogP contribution in [0.1, 0.15) is 30.1 Å². The lowest BCUT2D eigenvalue weighted by Gasteiger charge is -2.21. The average Bonchev–Trinajstić information content (AvgIpc) is 2.19. The number of piperidine rings is 1. The fraction of sp³-hybridized carbons (Fsp3) is 0.600. The first-order valence-electron chi connectivity index (χ1n) is 4.85. The second-order valence-electron chi connectivity index (χ2n) is 3.61. The van der Waals surface area contributed by atoms with Crippen molar-refractivity contribution in [3.63, 3.8) is 0 Å². The molecule has 2 rings (SSSR count). The summed E-state index contributed by atoms with van der Waals surface area (Å²) in [5.41, 5.74) is 2.19. The fourth-order valence-corrected chi connectivity index (χ4v) is 1.80. The Labute approximate surface area is 78.6 Å². The van der Waals surface area contributed by atoms with E-state index in [1.54, 1.807) is 0 Å². The molecule has 0 radical (unpaired) electrons. The standard InChI is InChI=1S/C10H15N3/c1-8-6-12-7-10(13-8)9-2-4-11-5-3-9/h6-7,9,11H,2-5H2,1H3. The third-order valence-corrected chi connectivity index (χ3v) is 2.53. The molecule has 0 bridgehead atoms. The summed E-state index contributed by atoms with van der Waals surface area (Å²) < 4.78 is 0. The molecule has 13 heavy (non-hydrogen) atoms. The maximum absolute atomic E-state index is 4.51. The van der Waals surface area contributed by atoms with Crippen LogP contribution in [0, 0.1) is 6.92 Å². The van der Waals surface area contributed by atoms with Crippen molar-refractivity contribution < 1.29 is 0 Å². The summed E-state index contributed by atoms with van der Waals surface area (Å²) >= 11 is 0. The monoisotopic (exact) mass is 177 g/mol. The highest BCUT2D eigenvalue weighted by Gasteiger charge is 2.16. The third kappa shape index (κ3) is 2.04. The summed E-state index contributed by atoms with van der Waals surface area (Å²) in [7, 11) is 0. The predicted molar refractivity (Wildman–Crippen MR) is 51.6 cm³/mol. The molecule has 0 amide bonds. The highest BCUT2D eigenvalue weighted by atomic mass is 14.9. The molecule has 1 aromatic heterocycles. The molecule has 70 valence electrons. The number of hydrogen-bond donors (Lipinski definition) is 1. The van der Waals surface area contributed by atoms with Gasteiger partial charge in [0.25, 0.3) is 0 Å². The molecule has 0 aromatic carbocycles. The molecule has 0 spiro atoms. The second-order valence-corrected chi connectivity index (χ2v) is 3.61. The van der Waals surface area contributed by atoms with Crippen molar-refractivity contribution in [3.8, 4) is 0 Å². The van der Waals surface area contributed by atoms with Gasteiger partial charge in [0.15, 0.2) is 0 Å². The van der Waals surface area contributed by atoms with E-state index in [9.17, 15) is 0 Å². The molecule has 1 aliphatic heterocycles. The number of hydrogen-bond acceptors (Lipinski definition) is 3. The predicted octanol–water partition coefficient (Wildman–Crippen LogP) is 1.25. The number of nitrogens with zero attached hydrogens (tertiary/aromatic N) is 2. The van der Waals surface area contributed by atoms with Gasteiger partial charge >= 0.3 is 0 Å². The van der Waals surface area contributed by atoms with E-state index in [1.807, 2.05) is 19.3 Å². The first kappa shape index (κ1) is 8.63. The van der Waals surface area contributed by atoms with Crippen molar-refractivity contribution in [2.75, 3.05) is 13.1 Å². The van der Waals surface area contributed by atoms with Crippen LogP contribution in [0.25, 0.3) is 0 Å². The van der Waals surface area contributed by atoms with Crippen molar-refractivity contribution in [2.45, 2.75) is 25.7 Å². The minimum absolute atomic E-state index is 0.619. The molecule has 1 aromatic rings. The lowest BCUT2D eigenvalue weighted by molar-refractivity contribution is 0.451. The molecule has 3 heteroatoms. The van der Waals surface area contributed by atoms with Crippen molar-refractivity contribution in [3.05, 3.63) is 23.8 Å². The topological polar surface area (TPSA) is 37.8 Å². The molecule has 1 fully saturated rings. The SMILES string of the molecule is Cc1cncc(C2CCNCC2)n1. The largest absolute Gasteiger partial charge is 0.317 e. The smallest absolute Gasteiger partial charge is 0.0621 e. The first-order chi connectivity index (χ1) is 6.36. The summed E-state index contributed by atoms with van der Waals surface area (Å²) in [6.45, 7) is 4.22. The van der Waals surface area contributed by atoms with Gasteiger partial charge in [0, 0.05) is 18.3 Å². The lowest BCUT2D eigenvalue weighted by atomic mass is 9.95. The molecular formula is C10H15N3. The highest BCUT2D eigenvalue weighted by molar-refractivity contribution is 5.08.